The van der Waals surface area contributed by atoms with Crippen LogP contribution in [-0.4, -0.2) is 13.1 Å². The Kier molecular flexibility index (Phi) is 3.88. The molecule has 1 aliphatic carbocycles. The zero-order valence-corrected chi connectivity index (χ0v) is 13.5. The number of anilines is 1. The van der Waals surface area contributed by atoms with Gasteiger partial charge in [-0.15, -0.1) is 0 Å². The van der Waals surface area contributed by atoms with E-state index < -0.39 is 0 Å². The van der Waals surface area contributed by atoms with Crippen molar-refractivity contribution in [2.24, 2.45) is 5.41 Å². The molecule has 2 aliphatic rings. The van der Waals surface area contributed by atoms with E-state index in [9.17, 15) is 0 Å². The van der Waals surface area contributed by atoms with Gasteiger partial charge >= 0.3 is 0 Å². The van der Waals surface area contributed by atoms with Crippen molar-refractivity contribution in [3.05, 3.63) is 29.3 Å². The molecule has 1 saturated carbocycles. The molecule has 104 valence electrons. The maximum absolute atomic E-state index is 3.54. The van der Waals surface area contributed by atoms with Crippen LogP contribution >= 0.6 is 15.9 Å². The van der Waals surface area contributed by atoms with E-state index in [2.05, 4.69) is 46.0 Å². The topological polar surface area (TPSA) is 3.24 Å². The van der Waals surface area contributed by atoms with Crippen molar-refractivity contribution in [1.82, 2.24) is 0 Å². The summed E-state index contributed by atoms with van der Waals surface area (Å²) in [5.41, 5.74) is 4.99. The van der Waals surface area contributed by atoms with Crippen LogP contribution in [0.2, 0.25) is 0 Å². The van der Waals surface area contributed by atoms with Crippen molar-refractivity contribution in [2.75, 3.05) is 18.0 Å². The molecule has 2 heteroatoms. The lowest BCUT2D eigenvalue weighted by molar-refractivity contribution is 0.226. The Morgan fingerprint density at radius 2 is 1.79 bits per heavy atom. The third-order valence-corrected chi connectivity index (χ3v) is 5.89. The molecule has 1 aliphatic heterocycles. The predicted octanol–water partition coefficient (Wildman–Crippen LogP) is 5.05. The average molecular weight is 322 g/mol. The first-order valence-electron chi connectivity index (χ1n) is 7.63. The molecule has 2 fully saturated rings. The van der Waals surface area contributed by atoms with Crippen LogP contribution in [0.1, 0.15) is 49.7 Å². The van der Waals surface area contributed by atoms with E-state index in [1.165, 1.54) is 68.4 Å². The Labute approximate surface area is 125 Å². The van der Waals surface area contributed by atoms with Crippen molar-refractivity contribution in [1.29, 1.82) is 0 Å². The highest BCUT2D eigenvalue weighted by Crippen LogP contribution is 2.46. The van der Waals surface area contributed by atoms with Gasteiger partial charge in [-0.3, -0.25) is 0 Å². The van der Waals surface area contributed by atoms with Gasteiger partial charge in [-0.2, -0.15) is 0 Å². The Balaban J connectivity index is 1.71. The Hall–Kier alpha value is -0.500. The molecule has 1 heterocycles. The van der Waals surface area contributed by atoms with Crippen molar-refractivity contribution in [2.45, 2.75) is 50.8 Å². The summed E-state index contributed by atoms with van der Waals surface area (Å²) in [6, 6.07) is 6.90. The first kappa shape index (κ1) is 13.5. The molecule has 19 heavy (non-hydrogen) atoms. The fourth-order valence-corrected chi connectivity index (χ4v) is 4.35. The van der Waals surface area contributed by atoms with Crippen LogP contribution < -0.4 is 4.90 Å². The Bertz CT molecular complexity index is 439. The van der Waals surface area contributed by atoms with Crippen LogP contribution in [0.15, 0.2) is 18.2 Å². The molecule has 0 N–H and O–H groups in total. The standard InChI is InChI=1S/C17H24BrN/c1-14-12-15(13-18)4-5-16(14)19-10-8-17(9-11-19)6-2-3-7-17/h4-5,12H,2-3,6-11,13H2,1H3. The lowest BCUT2D eigenvalue weighted by atomic mass is 9.77. The van der Waals surface area contributed by atoms with Crippen LogP contribution in [0.5, 0.6) is 0 Å². The number of aryl methyl sites for hydroxylation is 1. The lowest BCUT2D eigenvalue weighted by Gasteiger charge is -2.41. The van der Waals surface area contributed by atoms with Crippen LogP contribution in [0.25, 0.3) is 0 Å². The first-order chi connectivity index (χ1) is 9.22. The number of benzene rings is 1. The number of hydrogen-bond acceptors (Lipinski definition) is 1. The lowest BCUT2D eigenvalue weighted by Crippen LogP contribution is -2.39. The molecule has 0 atom stereocenters. The molecule has 1 aromatic rings. The van der Waals surface area contributed by atoms with Gasteiger partial charge in [-0.25, -0.2) is 0 Å². The molecule has 0 unspecified atom stereocenters. The zero-order chi connectivity index (χ0) is 13.3. The van der Waals surface area contributed by atoms with Gasteiger partial charge in [-0.1, -0.05) is 40.9 Å². The molecule has 1 nitrogen and oxygen atoms in total. The van der Waals surface area contributed by atoms with Crippen LogP contribution in [-0.2, 0) is 5.33 Å². The molecule has 1 aromatic carbocycles. The van der Waals surface area contributed by atoms with Gasteiger partial charge in [0.15, 0.2) is 0 Å². The number of rotatable bonds is 2. The van der Waals surface area contributed by atoms with Crippen molar-refractivity contribution in [3.8, 4) is 0 Å². The number of hydrogen-bond donors (Lipinski definition) is 0. The van der Waals surface area contributed by atoms with Gasteiger partial charge in [0, 0.05) is 24.1 Å². The van der Waals surface area contributed by atoms with Crippen molar-refractivity contribution in [3.63, 3.8) is 0 Å². The van der Waals surface area contributed by atoms with Crippen LogP contribution in [0.4, 0.5) is 5.69 Å². The van der Waals surface area contributed by atoms with Gasteiger partial charge < -0.3 is 4.90 Å². The second-order valence-electron chi connectivity index (χ2n) is 6.45. The Morgan fingerprint density at radius 3 is 2.37 bits per heavy atom. The normalized spacial score (nSPS) is 22.1. The molecular weight excluding hydrogens is 298 g/mol. The summed E-state index contributed by atoms with van der Waals surface area (Å²) in [5.74, 6) is 0. The first-order valence-corrected chi connectivity index (χ1v) is 8.75. The molecule has 0 amide bonds. The maximum atomic E-state index is 3.54. The molecule has 3 rings (SSSR count). The van der Waals surface area contributed by atoms with Crippen molar-refractivity contribution >= 4 is 21.6 Å². The average Bonchev–Trinajstić information content (AvgIpc) is 2.88. The second-order valence-corrected chi connectivity index (χ2v) is 7.01. The summed E-state index contributed by atoms with van der Waals surface area (Å²) in [6.45, 7) is 4.77. The van der Waals surface area contributed by atoms with Gasteiger partial charge in [-0.05, 0) is 55.2 Å². The predicted molar refractivity (Wildman–Crippen MR) is 86.2 cm³/mol. The summed E-state index contributed by atoms with van der Waals surface area (Å²) in [4.78, 5) is 2.61. The highest BCUT2D eigenvalue weighted by molar-refractivity contribution is 9.08. The van der Waals surface area contributed by atoms with E-state index in [-0.39, 0.29) is 0 Å². The van der Waals surface area contributed by atoms with E-state index in [0.717, 1.165) is 10.7 Å². The molecular formula is C17H24BrN. The van der Waals surface area contributed by atoms with E-state index >= 15 is 0 Å². The molecule has 1 spiro atoms. The van der Waals surface area contributed by atoms with Gasteiger partial charge in [0.05, 0.1) is 0 Å². The van der Waals surface area contributed by atoms with Crippen molar-refractivity contribution < 1.29 is 0 Å². The quantitative estimate of drug-likeness (QED) is 0.689. The minimum absolute atomic E-state index is 0.722. The van der Waals surface area contributed by atoms with Crippen LogP contribution in [0, 0.1) is 12.3 Å². The SMILES string of the molecule is Cc1cc(CBr)ccc1N1CCC2(CCCC2)CC1. The number of halogens is 1. The molecule has 0 bridgehead atoms. The fourth-order valence-electron chi connectivity index (χ4n) is 4.00. The third kappa shape index (κ3) is 2.69. The summed E-state index contributed by atoms with van der Waals surface area (Å²) < 4.78 is 0. The molecule has 0 radical (unpaired) electrons. The van der Waals surface area contributed by atoms with Gasteiger partial charge in [0.1, 0.15) is 0 Å². The molecule has 1 saturated heterocycles. The zero-order valence-electron chi connectivity index (χ0n) is 11.9. The Morgan fingerprint density at radius 1 is 1.11 bits per heavy atom. The van der Waals surface area contributed by atoms with E-state index in [0.29, 0.717) is 0 Å². The summed E-state index contributed by atoms with van der Waals surface area (Å²) in [7, 11) is 0. The minimum atomic E-state index is 0.722. The largest absolute Gasteiger partial charge is 0.371 e. The fraction of sp³-hybridized carbons (Fsp3) is 0.647. The van der Waals surface area contributed by atoms with Gasteiger partial charge in [0.2, 0.25) is 0 Å². The number of piperidine rings is 1. The third-order valence-electron chi connectivity index (χ3n) is 5.24. The second kappa shape index (κ2) is 5.47. The van der Waals surface area contributed by atoms with E-state index in [4.69, 9.17) is 0 Å². The summed E-state index contributed by atoms with van der Waals surface area (Å²) >= 11 is 3.54. The monoisotopic (exact) mass is 321 g/mol. The summed E-state index contributed by atoms with van der Waals surface area (Å²) in [5, 5.41) is 0.956. The number of nitrogens with zero attached hydrogens (tertiary/aromatic N) is 1. The van der Waals surface area contributed by atoms with Crippen LogP contribution in [0.3, 0.4) is 0 Å². The number of alkyl halides is 1. The molecule has 0 aromatic heterocycles. The minimum Gasteiger partial charge on any atom is -0.371 e. The smallest absolute Gasteiger partial charge is 0.0396 e. The highest BCUT2D eigenvalue weighted by Gasteiger charge is 2.37. The maximum Gasteiger partial charge on any atom is 0.0396 e. The van der Waals surface area contributed by atoms with E-state index in [1.807, 2.05) is 0 Å². The summed E-state index contributed by atoms with van der Waals surface area (Å²) in [6.07, 6.45) is 8.74. The van der Waals surface area contributed by atoms with Gasteiger partial charge in [0.25, 0.3) is 0 Å². The highest BCUT2D eigenvalue weighted by atomic mass is 79.9. The van der Waals surface area contributed by atoms with E-state index in [1.54, 1.807) is 0 Å².